The van der Waals surface area contributed by atoms with Crippen LogP contribution in [0, 0.1) is 0 Å². The number of benzene rings is 2. The Morgan fingerprint density at radius 1 is 1.04 bits per heavy atom. The lowest BCUT2D eigenvalue weighted by atomic mass is 10.2. The topological polar surface area (TPSA) is 46.9 Å². The number of hydrogen-bond acceptors (Lipinski definition) is 2. The average Bonchev–Trinajstić information content (AvgIpc) is 3.29. The summed E-state index contributed by atoms with van der Waals surface area (Å²) in [4.78, 5) is 17.3. The number of para-hydroxylation sites is 2. The van der Waals surface area contributed by atoms with E-state index in [4.69, 9.17) is 4.98 Å². The molecule has 0 saturated heterocycles. The van der Waals surface area contributed by atoms with Crippen molar-refractivity contribution in [2.45, 2.75) is 38.3 Å². The molecule has 2 aromatic carbocycles. The molecule has 0 aliphatic heterocycles. The zero-order valence-corrected chi connectivity index (χ0v) is 14.8. The zero-order chi connectivity index (χ0) is 17.8. The summed E-state index contributed by atoms with van der Waals surface area (Å²) in [6.45, 7) is 0.297. The van der Waals surface area contributed by atoms with Crippen molar-refractivity contribution in [3.05, 3.63) is 66.0 Å². The van der Waals surface area contributed by atoms with Crippen molar-refractivity contribution in [1.29, 1.82) is 0 Å². The van der Waals surface area contributed by atoms with E-state index in [0.717, 1.165) is 35.3 Å². The molecule has 0 unspecified atom stereocenters. The van der Waals surface area contributed by atoms with Crippen LogP contribution in [0.4, 0.5) is 0 Å². The normalized spacial score (nSPS) is 15.1. The fourth-order valence-electron chi connectivity index (χ4n) is 3.61. The Morgan fingerprint density at radius 2 is 1.77 bits per heavy atom. The second kappa shape index (κ2) is 7.56. The predicted octanol–water partition coefficient (Wildman–Crippen LogP) is 4.27. The molecule has 1 saturated carbocycles. The van der Waals surface area contributed by atoms with Crippen LogP contribution >= 0.6 is 0 Å². The van der Waals surface area contributed by atoms with E-state index in [9.17, 15) is 4.79 Å². The maximum atomic E-state index is 12.6. The van der Waals surface area contributed by atoms with Gasteiger partial charge in [0.2, 0.25) is 5.91 Å². The van der Waals surface area contributed by atoms with Crippen LogP contribution in [0.1, 0.15) is 37.1 Å². The monoisotopic (exact) mass is 345 g/mol. The van der Waals surface area contributed by atoms with Gasteiger partial charge >= 0.3 is 0 Å². The summed E-state index contributed by atoms with van der Waals surface area (Å²) in [6.07, 6.45) is 8.63. The van der Waals surface area contributed by atoms with Gasteiger partial charge in [-0.25, -0.2) is 4.98 Å². The molecule has 26 heavy (non-hydrogen) atoms. The summed E-state index contributed by atoms with van der Waals surface area (Å²) in [7, 11) is 0. The molecule has 1 aliphatic rings. The molecule has 1 aliphatic carbocycles. The van der Waals surface area contributed by atoms with Crippen molar-refractivity contribution in [3.8, 4) is 0 Å². The van der Waals surface area contributed by atoms with Gasteiger partial charge in [0.15, 0.2) is 0 Å². The van der Waals surface area contributed by atoms with Crippen molar-refractivity contribution < 1.29 is 4.79 Å². The molecule has 0 radical (unpaired) electrons. The first-order valence-corrected chi connectivity index (χ1v) is 9.27. The molecule has 3 aromatic rings. The van der Waals surface area contributed by atoms with Gasteiger partial charge in [0.1, 0.15) is 12.4 Å². The maximum Gasteiger partial charge on any atom is 0.240 e. The van der Waals surface area contributed by atoms with Crippen molar-refractivity contribution in [2.75, 3.05) is 0 Å². The number of hydrogen-bond donors (Lipinski definition) is 1. The highest BCUT2D eigenvalue weighted by Gasteiger charge is 2.18. The number of nitrogens with one attached hydrogen (secondary N) is 1. The molecule has 1 amide bonds. The number of amides is 1. The second-order valence-electron chi connectivity index (χ2n) is 6.84. The summed E-state index contributed by atoms with van der Waals surface area (Å²) in [5.41, 5.74) is 3.01. The Kier molecular flexibility index (Phi) is 4.82. The highest BCUT2D eigenvalue weighted by Crippen LogP contribution is 2.20. The number of carbonyl (C=O) groups excluding carboxylic acids is 1. The third-order valence-electron chi connectivity index (χ3n) is 4.93. The van der Waals surface area contributed by atoms with Crippen LogP contribution in [0.5, 0.6) is 0 Å². The summed E-state index contributed by atoms with van der Waals surface area (Å²) < 4.78 is 2.00. The van der Waals surface area contributed by atoms with Gasteiger partial charge < -0.3 is 9.88 Å². The molecule has 132 valence electrons. The van der Waals surface area contributed by atoms with E-state index in [1.807, 2.05) is 59.2 Å². The summed E-state index contributed by atoms with van der Waals surface area (Å²) in [5.74, 6) is 0.867. The van der Waals surface area contributed by atoms with E-state index in [2.05, 4.69) is 17.4 Å². The minimum atomic E-state index is 0.0643. The van der Waals surface area contributed by atoms with Gasteiger partial charge in [-0.3, -0.25) is 4.79 Å². The van der Waals surface area contributed by atoms with E-state index in [-0.39, 0.29) is 5.91 Å². The fraction of sp³-hybridized carbons (Fsp3) is 0.273. The first-order chi connectivity index (χ1) is 12.8. The quantitative estimate of drug-likeness (QED) is 0.751. The summed E-state index contributed by atoms with van der Waals surface area (Å²) in [6, 6.07) is 18.4. The first kappa shape index (κ1) is 16.6. The lowest BCUT2D eigenvalue weighted by Crippen LogP contribution is -2.35. The minimum Gasteiger partial charge on any atom is -0.352 e. The Hall–Kier alpha value is -2.88. The Labute approximate surface area is 153 Å². The van der Waals surface area contributed by atoms with Gasteiger partial charge in [0, 0.05) is 6.04 Å². The number of nitrogens with zero attached hydrogens (tertiary/aromatic N) is 2. The van der Waals surface area contributed by atoms with Crippen molar-refractivity contribution in [3.63, 3.8) is 0 Å². The van der Waals surface area contributed by atoms with Crippen LogP contribution in [0.3, 0.4) is 0 Å². The van der Waals surface area contributed by atoms with Gasteiger partial charge in [-0.2, -0.15) is 0 Å². The van der Waals surface area contributed by atoms with E-state index in [1.165, 1.54) is 12.8 Å². The highest BCUT2D eigenvalue weighted by atomic mass is 16.2. The van der Waals surface area contributed by atoms with Crippen LogP contribution in [-0.4, -0.2) is 21.5 Å². The molecule has 0 spiro atoms. The number of carbonyl (C=O) groups is 1. The third-order valence-corrected chi connectivity index (χ3v) is 4.93. The lowest BCUT2D eigenvalue weighted by molar-refractivity contribution is -0.122. The molecule has 0 atom stereocenters. The number of imidazole rings is 1. The Balaban J connectivity index is 1.61. The van der Waals surface area contributed by atoms with Crippen LogP contribution in [0.2, 0.25) is 0 Å². The first-order valence-electron chi connectivity index (χ1n) is 9.27. The smallest absolute Gasteiger partial charge is 0.240 e. The second-order valence-corrected chi connectivity index (χ2v) is 6.84. The molecule has 4 rings (SSSR count). The number of aromatic nitrogens is 2. The van der Waals surface area contributed by atoms with Crippen LogP contribution in [-0.2, 0) is 11.3 Å². The van der Waals surface area contributed by atoms with E-state index >= 15 is 0 Å². The Bertz CT molecular complexity index is 921. The SMILES string of the molecule is O=C(Cn1c(C=Cc2ccccc2)nc2ccccc21)NC1CCCC1. The van der Waals surface area contributed by atoms with E-state index in [0.29, 0.717) is 12.6 Å². The number of rotatable bonds is 5. The van der Waals surface area contributed by atoms with Crippen molar-refractivity contribution >= 4 is 29.1 Å². The van der Waals surface area contributed by atoms with E-state index < -0.39 is 0 Å². The molecule has 4 heteroatoms. The molecule has 0 bridgehead atoms. The highest BCUT2D eigenvalue weighted by molar-refractivity contribution is 5.83. The molecule has 1 N–H and O–H groups in total. The molecular weight excluding hydrogens is 322 g/mol. The van der Waals surface area contributed by atoms with Crippen LogP contribution in [0.15, 0.2) is 54.6 Å². The van der Waals surface area contributed by atoms with Gasteiger partial charge in [-0.05, 0) is 36.6 Å². The van der Waals surface area contributed by atoms with Gasteiger partial charge in [0.25, 0.3) is 0 Å². The van der Waals surface area contributed by atoms with E-state index in [1.54, 1.807) is 0 Å². The molecule has 4 nitrogen and oxygen atoms in total. The summed E-state index contributed by atoms with van der Waals surface area (Å²) >= 11 is 0. The molecule has 1 fully saturated rings. The molecule has 1 heterocycles. The summed E-state index contributed by atoms with van der Waals surface area (Å²) in [5, 5.41) is 3.17. The maximum absolute atomic E-state index is 12.6. The fourth-order valence-corrected chi connectivity index (χ4v) is 3.61. The third kappa shape index (κ3) is 3.69. The largest absolute Gasteiger partial charge is 0.352 e. The Morgan fingerprint density at radius 3 is 2.58 bits per heavy atom. The van der Waals surface area contributed by atoms with Crippen molar-refractivity contribution in [1.82, 2.24) is 14.9 Å². The zero-order valence-electron chi connectivity index (χ0n) is 14.8. The van der Waals surface area contributed by atoms with Crippen LogP contribution < -0.4 is 5.32 Å². The average molecular weight is 345 g/mol. The molecular formula is C22H23N3O. The molecule has 1 aromatic heterocycles. The van der Waals surface area contributed by atoms with Gasteiger partial charge in [-0.1, -0.05) is 61.4 Å². The number of fused-ring (bicyclic) bond motifs is 1. The lowest BCUT2D eigenvalue weighted by Gasteiger charge is -2.13. The van der Waals surface area contributed by atoms with Gasteiger partial charge in [-0.15, -0.1) is 0 Å². The van der Waals surface area contributed by atoms with Crippen LogP contribution in [0.25, 0.3) is 23.2 Å². The predicted molar refractivity (Wildman–Crippen MR) is 106 cm³/mol. The standard InChI is InChI=1S/C22H23N3O/c26-22(23-18-10-4-5-11-18)16-25-20-13-7-6-12-19(20)24-21(25)15-14-17-8-2-1-3-9-17/h1-3,6-9,12-15,18H,4-5,10-11,16H2,(H,23,26). The van der Waals surface area contributed by atoms with Crippen molar-refractivity contribution in [2.24, 2.45) is 0 Å². The van der Waals surface area contributed by atoms with Gasteiger partial charge in [0.05, 0.1) is 11.0 Å². The minimum absolute atomic E-state index is 0.0643.